The van der Waals surface area contributed by atoms with E-state index in [1.54, 1.807) is 36.4 Å². The standard InChI is InChI=1S/C19H25N3O3/c1-19(2,13-22(3)4)12-20-17(23)14-7-9-15(10-8-14)21-18(24)16-6-5-11-25-16/h5-11H,12-13H2,1-4H3,(H,20,23)(H,21,24). The third kappa shape index (κ3) is 5.76. The Morgan fingerprint density at radius 3 is 2.32 bits per heavy atom. The summed E-state index contributed by atoms with van der Waals surface area (Å²) in [7, 11) is 4.03. The average Bonchev–Trinajstić information content (AvgIpc) is 3.07. The van der Waals surface area contributed by atoms with Crippen LogP contribution in [0.4, 0.5) is 5.69 Å². The molecule has 0 unspecified atom stereocenters. The van der Waals surface area contributed by atoms with Gasteiger partial charge in [0.25, 0.3) is 11.8 Å². The minimum absolute atomic E-state index is 0.0177. The number of anilines is 1. The van der Waals surface area contributed by atoms with E-state index >= 15 is 0 Å². The molecular weight excluding hydrogens is 318 g/mol. The summed E-state index contributed by atoms with van der Waals surface area (Å²) in [5, 5.41) is 5.68. The van der Waals surface area contributed by atoms with Gasteiger partial charge in [0.1, 0.15) is 0 Å². The Kier molecular flexibility index (Phi) is 5.98. The maximum atomic E-state index is 12.3. The van der Waals surface area contributed by atoms with Crippen molar-refractivity contribution >= 4 is 17.5 Å². The van der Waals surface area contributed by atoms with Crippen LogP contribution in [0.25, 0.3) is 0 Å². The van der Waals surface area contributed by atoms with Crippen molar-refractivity contribution in [2.45, 2.75) is 13.8 Å². The molecule has 6 heteroatoms. The molecule has 25 heavy (non-hydrogen) atoms. The number of carbonyl (C=O) groups is 2. The molecular formula is C19H25N3O3. The summed E-state index contributed by atoms with van der Waals surface area (Å²) in [6.45, 7) is 5.69. The van der Waals surface area contributed by atoms with E-state index in [0.717, 1.165) is 6.54 Å². The fourth-order valence-corrected chi connectivity index (χ4v) is 2.64. The summed E-state index contributed by atoms with van der Waals surface area (Å²) >= 11 is 0. The van der Waals surface area contributed by atoms with E-state index < -0.39 is 0 Å². The van der Waals surface area contributed by atoms with Gasteiger partial charge in [0.2, 0.25) is 0 Å². The molecule has 0 saturated carbocycles. The number of furan rings is 1. The summed E-state index contributed by atoms with van der Waals surface area (Å²) in [5.41, 5.74) is 1.14. The monoisotopic (exact) mass is 343 g/mol. The molecule has 2 aromatic rings. The number of rotatable bonds is 7. The summed E-state index contributed by atoms with van der Waals surface area (Å²) in [6.07, 6.45) is 1.44. The van der Waals surface area contributed by atoms with Gasteiger partial charge >= 0.3 is 0 Å². The first-order valence-corrected chi connectivity index (χ1v) is 8.15. The van der Waals surface area contributed by atoms with Crippen molar-refractivity contribution in [3.05, 3.63) is 54.0 Å². The Morgan fingerprint density at radius 2 is 1.76 bits per heavy atom. The lowest BCUT2D eigenvalue weighted by Crippen LogP contribution is -2.39. The maximum Gasteiger partial charge on any atom is 0.291 e. The number of hydrogen-bond donors (Lipinski definition) is 2. The van der Waals surface area contributed by atoms with Gasteiger partial charge in [-0.25, -0.2) is 0 Å². The fourth-order valence-electron chi connectivity index (χ4n) is 2.64. The van der Waals surface area contributed by atoms with Gasteiger partial charge in [0.05, 0.1) is 6.26 Å². The van der Waals surface area contributed by atoms with Crippen molar-refractivity contribution < 1.29 is 14.0 Å². The van der Waals surface area contributed by atoms with Gasteiger partial charge in [0, 0.05) is 24.3 Å². The lowest BCUT2D eigenvalue weighted by molar-refractivity contribution is 0.0928. The molecule has 0 aliphatic heterocycles. The molecule has 1 aromatic carbocycles. The Labute approximate surface area is 148 Å². The first-order valence-electron chi connectivity index (χ1n) is 8.15. The molecule has 2 N–H and O–H groups in total. The second-order valence-corrected chi connectivity index (χ2v) is 7.09. The van der Waals surface area contributed by atoms with Gasteiger partial charge in [-0.1, -0.05) is 13.8 Å². The van der Waals surface area contributed by atoms with Crippen LogP contribution in [0.5, 0.6) is 0 Å². The second-order valence-electron chi connectivity index (χ2n) is 7.09. The predicted molar refractivity (Wildman–Crippen MR) is 97.8 cm³/mol. The van der Waals surface area contributed by atoms with Crippen LogP contribution < -0.4 is 10.6 Å². The summed E-state index contributed by atoms with van der Waals surface area (Å²) in [6, 6.07) is 10.0. The minimum Gasteiger partial charge on any atom is -0.459 e. The molecule has 0 bridgehead atoms. The number of amides is 2. The van der Waals surface area contributed by atoms with Crippen LogP contribution in [0.2, 0.25) is 0 Å². The first-order chi connectivity index (χ1) is 11.8. The van der Waals surface area contributed by atoms with Crippen LogP contribution in [0.1, 0.15) is 34.8 Å². The Morgan fingerprint density at radius 1 is 1.08 bits per heavy atom. The topological polar surface area (TPSA) is 74.6 Å². The molecule has 1 heterocycles. The Bertz CT molecular complexity index is 704. The number of carbonyl (C=O) groups excluding carboxylic acids is 2. The summed E-state index contributed by atoms with van der Waals surface area (Å²) in [5.74, 6) is -0.215. The van der Waals surface area contributed by atoms with Gasteiger partial charge in [-0.3, -0.25) is 9.59 Å². The zero-order valence-corrected chi connectivity index (χ0v) is 15.1. The molecule has 134 valence electrons. The van der Waals surface area contributed by atoms with E-state index in [9.17, 15) is 9.59 Å². The third-order valence-corrected chi connectivity index (χ3v) is 3.62. The van der Waals surface area contributed by atoms with Gasteiger partial charge in [-0.2, -0.15) is 0 Å². The normalized spacial score (nSPS) is 11.4. The maximum absolute atomic E-state index is 12.3. The number of nitrogens with one attached hydrogen (secondary N) is 2. The largest absolute Gasteiger partial charge is 0.459 e. The van der Waals surface area contributed by atoms with Crippen LogP contribution in [0.3, 0.4) is 0 Å². The van der Waals surface area contributed by atoms with Gasteiger partial charge in [0.15, 0.2) is 5.76 Å². The molecule has 0 saturated heterocycles. The zero-order chi connectivity index (χ0) is 18.4. The van der Waals surface area contributed by atoms with Crippen molar-refractivity contribution in [1.82, 2.24) is 10.2 Å². The highest BCUT2D eigenvalue weighted by Crippen LogP contribution is 2.15. The van der Waals surface area contributed by atoms with Gasteiger partial charge < -0.3 is 20.0 Å². The van der Waals surface area contributed by atoms with Crippen LogP contribution >= 0.6 is 0 Å². The molecule has 0 atom stereocenters. The van der Waals surface area contributed by atoms with Gasteiger partial charge in [-0.05, 0) is 55.9 Å². The quantitative estimate of drug-likeness (QED) is 0.811. The second kappa shape index (κ2) is 7.98. The lowest BCUT2D eigenvalue weighted by Gasteiger charge is -2.28. The van der Waals surface area contributed by atoms with E-state index in [4.69, 9.17) is 4.42 Å². The van der Waals surface area contributed by atoms with Crippen molar-refractivity contribution in [2.75, 3.05) is 32.5 Å². The third-order valence-electron chi connectivity index (χ3n) is 3.62. The predicted octanol–water partition coefficient (Wildman–Crippen LogP) is 2.85. The highest BCUT2D eigenvalue weighted by molar-refractivity contribution is 6.02. The SMILES string of the molecule is CN(C)CC(C)(C)CNC(=O)c1ccc(NC(=O)c2ccco2)cc1. The van der Waals surface area contributed by atoms with E-state index in [0.29, 0.717) is 17.8 Å². The molecule has 0 radical (unpaired) electrons. The van der Waals surface area contributed by atoms with Crippen LogP contribution in [0, 0.1) is 5.41 Å². The van der Waals surface area contributed by atoms with E-state index in [-0.39, 0.29) is 23.0 Å². The first kappa shape index (κ1) is 18.7. The fraction of sp³-hybridized carbons (Fsp3) is 0.368. The number of nitrogens with zero attached hydrogens (tertiary/aromatic N) is 1. The summed E-state index contributed by atoms with van der Waals surface area (Å²) < 4.78 is 5.04. The van der Waals surface area contributed by atoms with Crippen molar-refractivity contribution in [1.29, 1.82) is 0 Å². The van der Waals surface area contributed by atoms with Crippen molar-refractivity contribution in [2.24, 2.45) is 5.41 Å². The molecule has 1 aromatic heterocycles. The molecule has 2 amide bonds. The van der Waals surface area contributed by atoms with Gasteiger partial charge in [-0.15, -0.1) is 0 Å². The van der Waals surface area contributed by atoms with Crippen LogP contribution in [0.15, 0.2) is 47.1 Å². The average molecular weight is 343 g/mol. The lowest BCUT2D eigenvalue weighted by atomic mass is 9.93. The van der Waals surface area contributed by atoms with E-state index in [1.165, 1.54) is 6.26 Å². The molecule has 6 nitrogen and oxygen atoms in total. The molecule has 2 rings (SSSR count). The number of benzene rings is 1. The van der Waals surface area contributed by atoms with Crippen LogP contribution in [-0.4, -0.2) is 43.9 Å². The summed E-state index contributed by atoms with van der Waals surface area (Å²) in [4.78, 5) is 26.3. The van der Waals surface area contributed by atoms with E-state index in [2.05, 4.69) is 29.4 Å². The highest BCUT2D eigenvalue weighted by Gasteiger charge is 2.20. The molecule has 0 aliphatic carbocycles. The molecule has 0 spiro atoms. The van der Waals surface area contributed by atoms with E-state index in [1.807, 2.05) is 14.1 Å². The Hall–Kier alpha value is -2.60. The zero-order valence-electron chi connectivity index (χ0n) is 15.1. The highest BCUT2D eigenvalue weighted by atomic mass is 16.3. The number of hydrogen-bond acceptors (Lipinski definition) is 4. The van der Waals surface area contributed by atoms with Crippen molar-refractivity contribution in [3.63, 3.8) is 0 Å². The van der Waals surface area contributed by atoms with Crippen molar-refractivity contribution in [3.8, 4) is 0 Å². The Balaban J connectivity index is 1.90. The minimum atomic E-state index is -0.326. The van der Waals surface area contributed by atoms with Crippen LogP contribution in [-0.2, 0) is 0 Å². The smallest absolute Gasteiger partial charge is 0.291 e. The molecule has 0 aliphatic rings. The molecule has 0 fully saturated rings.